The smallest absolute Gasteiger partial charge is 0.323 e. The van der Waals surface area contributed by atoms with Gasteiger partial charge in [0.05, 0.1) is 19.4 Å². The van der Waals surface area contributed by atoms with Gasteiger partial charge in [-0.2, -0.15) is 4.98 Å². The van der Waals surface area contributed by atoms with Crippen LogP contribution in [0.15, 0.2) is 24.4 Å². The van der Waals surface area contributed by atoms with Crippen LogP contribution in [0.4, 0.5) is 16.2 Å². The lowest BCUT2D eigenvalue weighted by Gasteiger charge is -2.12. The summed E-state index contributed by atoms with van der Waals surface area (Å²) in [4.78, 5) is 20.4. The molecular formula is C17H22N4O3. The molecule has 1 heterocycles. The van der Waals surface area contributed by atoms with E-state index in [-0.39, 0.29) is 11.9 Å². The molecule has 0 fully saturated rings. The molecule has 0 saturated heterocycles. The van der Waals surface area contributed by atoms with Gasteiger partial charge in [-0.25, -0.2) is 9.78 Å². The Morgan fingerprint density at radius 1 is 1.04 bits per heavy atom. The number of rotatable bonds is 6. The molecule has 2 rings (SSSR count). The van der Waals surface area contributed by atoms with E-state index < -0.39 is 6.03 Å². The van der Waals surface area contributed by atoms with Gasteiger partial charge >= 0.3 is 12.0 Å². The minimum Gasteiger partial charge on any atom is -0.476 e. The Kier molecular flexibility index (Phi) is 5.95. The number of nitrogens with zero attached hydrogens (tertiary/aromatic N) is 2. The van der Waals surface area contributed by atoms with E-state index in [1.165, 1.54) is 6.20 Å². The van der Waals surface area contributed by atoms with Gasteiger partial charge in [0.2, 0.25) is 5.88 Å². The molecule has 0 radical (unpaired) electrons. The van der Waals surface area contributed by atoms with E-state index in [1.807, 2.05) is 45.9 Å². The van der Waals surface area contributed by atoms with Crippen LogP contribution in [0.2, 0.25) is 0 Å². The zero-order chi connectivity index (χ0) is 17.5. The second kappa shape index (κ2) is 8.14. The van der Waals surface area contributed by atoms with Crippen LogP contribution in [0.25, 0.3) is 0 Å². The molecule has 0 aliphatic rings. The van der Waals surface area contributed by atoms with Gasteiger partial charge in [0.1, 0.15) is 5.69 Å². The van der Waals surface area contributed by atoms with Crippen LogP contribution in [0.5, 0.6) is 11.9 Å². The van der Waals surface area contributed by atoms with E-state index in [4.69, 9.17) is 9.47 Å². The van der Waals surface area contributed by atoms with Crippen molar-refractivity contribution in [1.29, 1.82) is 0 Å². The number of aryl methyl sites for hydroxylation is 2. The zero-order valence-corrected chi connectivity index (χ0v) is 14.3. The minimum absolute atomic E-state index is 0.209. The van der Waals surface area contributed by atoms with Crippen molar-refractivity contribution in [2.24, 2.45) is 0 Å². The van der Waals surface area contributed by atoms with Crippen molar-refractivity contribution in [3.05, 3.63) is 35.5 Å². The Labute approximate surface area is 141 Å². The molecule has 0 bridgehead atoms. The van der Waals surface area contributed by atoms with Crippen molar-refractivity contribution in [1.82, 2.24) is 9.97 Å². The number of amides is 2. The predicted molar refractivity (Wildman–Crippen MR) is 92.9 cm³/mol. The molecule has 128 valence electrons. The monoisotopic (exact) mass is 330 g/mol. The number of urea groups is 1. The molecule has 0 atom stereocenters. The number of carbonyl (C=O) groups excluding carboxylic acids is 1. The van der Waals surface area contributed by atoms with E-state index in [1.54, 1.807) is 0 Å². The topological polar surface area (TPSA) is 85.4 Å². The Balaban J connectivity index is 2.12. The van der Waals surface area contributed by atoms with Crippen LogP contribution in [0.1, 0.15) is 25.0 Å². The molecule has 0 unspecified atom stereocenters. The molecule has 7 nitrogen and oxygen atoms in total. The first kappa shape index (κ1) is 17.5. The number of nitrogens with one attached hydrogen (secondary N) is 2. The maximum absolute atomic E-state index is 12.2. The lowest BCUT2D eigenvalue weighted by molar-refractivity contribution is 0.261. The van der Waals surface area contributed by atoms with Crippen LogP contribution in [0.3, 0.4) is 0 Å². The second-order valence-electron chi connectivity index (χ2n) is 5.19. The van der Waals surface area contributed by atoms with E-state index in [9.17, 15) is 4.79 Å². The SMILES string of the molecule is CCOc1ncc(NC(=O)Nc2cc(C)cc(C)c2)c(OCC)n1. The highest BCUT2D eigenvalue weighted by Crippen LogP contribution is 2.23. The Morgan fingerprint density at radius 2 is 1.71 bits per heavy atom. The number of hydrogen-bond acceptors (Lipinski definition) is 5. The first-order valence-electron chi connectivity index (χ1n) is 7.80. The third-order valence-electron chi connectivity index (χ3n) is 3.01. The molecule has 24 heavy (non-hydrogen) atoms. The number of benzene rings is 1. The summed E-state index contributed by atoms with van der Waals surface area (Å²) >= 11 is 0. The third kappa shape index (κ3) is 4.84. The van der Waals surface area contributed by atoms with Gasteiger partial charge in [0, 0.05) is 5.69 Å². The maximum atomic E-state index is 12.2. The molecule has 0 aliphatic heterocycles. The van der Waals surface area contributed by atoms with Gasteiger partial charge in [0.15, 0.2) is 0 Å². The van der Waals surface area contributed by atoms with Crippen LogP contribution in [0, 0.1) is 13.8 Å². The van der Waals surface area contributed by atoms with Crippen LogP contribution in [-0.4, -0.2) is 29.2 Å². The molecule has 1 aromatic heterocycles. The molecule has 7 heteroatoms. The summed E-state index contributed by atoms with van der Waals surface area (Å²) in [6, 6.07) is 5.64. The Hall–Kier alpha value is -2.83. The number of aromatic nitrogens is 2. The highest BCUT2D eigenvalue weighted by Gasteiger charge is 2.12. The number of anilines is 2. The minimum atomic E-state index is -0.395. The van der Waals surface area contributed by atoms with Gasteiger partial charge in [-0.15, -0.1) is 0 Å². The molecule has 0 aliphatic carbocycles. The quantitative estimate of drug-likeness (QED) is 0.846. The van der Waals surface area contributed by atoms with Crippen molar-refractivity contribution in [2.45, 2.75) is 27.7 Å². The summed E-state index contributed by atoms with van der Waals surface area (Å²) < 4.78 is 10.7. The van der Waals surface area contributed by atoms with Gasteiger partial charge in [-0.05, 0) is 51.0 Å². The molecule has 0 spiro atoms. The molecule has 2 aromatic rings. The fraction of sp³-hybridized carbons (Fsp3) is 0.353. The van der Waals surface area contributed by atoms with Crippen molar-refractivity contribution >= 4 is 17.4 Å². The first-order chi connectivity index (χ1) is 11.5. The fourth-order valence-electron chi connectivity index (χ4n) is 2.21. The van der Waals surface area contributed by atoms with Crippen molar-refractivity contribution in [3.8, 4) is 11.9 Å². The van der Waals surface area contributed by atoms with Crippen LogP contribution in [-0.2, 0) is 0 Å². The molecule has 1 aromatic carbocycles. The van der Waals surface area contributed by atoms with Gasteiger partial charge < -0.3 is 20.1 Å². The highest BCUT2D eigenvalue weighted by molar-refractivity contribution is 6.00. The normalized spacial score (nSPS) is 10.2. The Bertz CT molecular complexity index is 699. The summed E-state index contributed by atoms with van der Waals surface area (Å²) in [5.74, 6) is 0.270. The first-order valence-corrected chi connectivity index (χ1v) is 7.80. The number of hydrogen-bond donors (Lipinski definition) is 2. The summed E-state index contributed by atoms with van der Waals surface area (Å²) in [6.07, 6.45) is 1.46. The fourth-order valence-corrected chi connectivity index (χ4v) is 2.21. The molecule has 2 N–H and O–H groups in total. The van der Waals surface area contributed by atoms with E-state index in [0.29, 0.717) is 18.9 Å². The third-order valence-corrected chi connectivity index (χ3v) is 3.01. The molecule has 0 saturated carbocycles. The van der Waals surface area contributed by atoms with Gasteiger partial charge in [-0.1, -0.05) is 6.07 Å². The predicted octanol–water partition coefficient (Wildman–Crippen LogP) is 3.53. The lowest BCUT2D eigenvalue weighted by atomic mass is 10.1. The summed E-state index contributed by atoms with van der Waals surface area (Å²) in [6.45, 7) is 8.49. The maximum Gasteiger partial charge on any atom is 0.323 e. The number of carbonyl (C=O) groups is 1. The van der Waals surface area contributed by atoms with Gasteiger partial charge in [0.25, 0.3) is 0 Å². The zero-order valence-electron chi connectivity index (χ0n) is 14.3. The number of ether oxygens (including phenoxy) is 2. The Morgan fingerprint density at radius 3 is 2.33 bits per heavy atom. The summed E-state index contributed by atoms with van der Waals surface area (Å²) in [5.41, 5.74) is 3.24. The van der Waals surface area contributed by atoms with Gasteiger partial charge in [-0.3, -0.25) is 0 Å². The van der Waals surface area contributed by atoms with E-state index in [2.05, 4.69) is 20.6 Å². The van der Waals surface area contributed by atoms with Crippen molar-refractivity contribution in [3.63, 3.8) is 0 Å². The summed E-state index contributed by atoms with van der Waals surface area (Å²) in [7, 11) is 0. The van der Waals surface area contributed by atoms with Crippen molar-refractivity contribution in [2.75, 3.05) is 23.8 Å². The molecule has 2 amide bonds. The second-order valence-corrected chi connectivity index (χ2v) is 5.19. The highest BCUT2D eigenvalue weighted by atomic mass is 16.5. The largest absolute Gasteiger partial charge is 0.476 e. The summed E-state index contributed by atoms with van der Waals surface area (Å²) in [5, 5.41) is 5.49. The van der Waals surface area contributed by atoms with Crippen LogP contribution < -0.4 is 20.1 Å². The van der Waals surface area contributed by atoms with Crippen molar-refractivity contribution < 1.29 is 14.3 Å². The average molecular weight is 330 g/mol. The lowest BCUT2D eigenvalue weighted by Crippen LogP contribution is -2.20. The molecular weight excluding hydrogens is 308 g/mol. The van der Waals surface area contributed by atoms with E-state index >= 15 is 0 Å². The van der Waals surface area contributed by atoms with E-state index in [0.717, 1.165) is 16.8 Å². The van der Waals surface area contributed by atoms with Crippen LogP contribution >= 0.6 is 0 Å². The standard InChI is InChI=1S/C17H22N4O3/c1-5-23-15-14(10-18-17(21-15)24-6-2)20-16(22)19-13-8-11(3)7-12(4)9-13/h7-10H,5-6H2,1-4H3,(H2,19,20,22). The average Bonchev–Trinajstić information content (AvgIpc) is 2.49.